The first-order valence-corrected chi connectivity index (χ1v) is 18.8. The van der Waals surface area contributed by atoms with E-state index in [1.807, 2.05) is 0 Å². The van der Waals surface area contributed by atoms with Crippen LogP contribution in [0, 0.1) is 0 Å². The van der Waals surface area contributed by atoms with Crippen LogP contribution >= 0.6 is 19.0 Å². The van der Waals surface area contributed by atoms with Crippen LogP contribution in [0.25, 0.3) is 0 Å². The quantitative estimate of drug-likeness (QED) is 0.111. The topological polar surface area (TPSA) is 0 Å². The second-order valence-electron chi connectivity index (χ2n) is 12.3. The third-order valence-corrected chi connectivity index (χ3v) is 12.6. The van der Waals surface area contributed by atoms with Gasteiger partial charge in [-0.2, -0.15) is 0 Å². The second kappa shape index (κ2) is 19.3. The molecule has 0 radical (unpaired) electrons. The van der Waals surface area contributed by atoms with Crippen LogP contribution in [0.4, 0.5) is 0 Å². The zero-order valence-corrected chi connectivity index (χ0v) is 25.8. The molecule has 0 unspecified atom stereocenters. The van der Waals surface area contributed by atoms with Gasteiger partial charge in [0.05, 0.1) is 0 Å². The van der Waals surface area contributed by atoms with Crippen LogP contribution < -0.4 is 0 Å². The summed E-state index contributed by atoms with van der Waals surface area (Å²) in [6, 6.07) is 22.5. The molecule has 0 N–H and O–H groups in total. The molecular formula is C34H58ClP. The third kappa shape index (κ3) is 15.4. The predicted octanol–water partition coefficient (Wildman–Crippen LogP) is 11.9. The summed E-state index contributed by atoms with van der Waals surface area (Å²) in [6.45, 7) is 5.80. The maximum atomic E-state index is 2.66. The second-order valence-corrected chi connectivity index (χ2v) is 19.4. The first kappa shape index (κ1) is 33.2. The monoisotopic (exact) mass is 532 g/mol. The smallest absolute Gasteiger partial charge is 0.147 e. The van der Waals surface area contributed by atoms with E-state index in [2.05, 4.69) is 80.9 Å². The van der Waals surface area contributed by atoms with Gasteiger partial charge in [0.15, 0.2) is 0 Å². The number of hydrogen-bond acceptors (Lipinski definition) is 0. The van der Waals surface area contributed by atoms with Crippen LogP contribution in [0.1, 0.15) is 121 Å². The van der Waals surface area contributed by atoms with Gasteiger partial charge < -0.3 is 0 Å². The fourth-order valence-electron chi connectivity index (χ4n) is 5.83. The normalized spacial score (nSPS) is 12.6. The van der Waals surface area contributed by atoms with Crippen molar-refractivity contribution in [3.8, 4) is 0 Å². The zero-order chi connectivity index (χ0) is 25.1. The van der Waals surface area contributed by atoms with Gasteiger partial charge in [-0.1, -0.05) is 39.0 Å². The van der Waals surface area contributed by atoms with E-state index in [1.54, 1.807) is 0 Å². The molecule has 2 aromatic rings. The fourth-order valence-corrected chi connectivity index (χ4v) is 10.5. The predicted molar refractivity (Wildman–Crippen MR) is 171 cm³/mol. The van der Waals surface area contributed by atoms with Gasteiger partial charge >= 0.3 is 181 Å². The van der Waals surface area contributed by atoms with Gasteiger partial charge in [-0.05, 0) is 0 Å². The van der Waals surface area contributed by atoms with Crippen molar-refractivity contribution in [1.82, 2.24) is 0 Å². The van der Waals surface area contributed by atoms with Gasteiger partial charge in [-0.3, -0.25) is 0 Å². The summed E-state index contributed by atoms with van der Waals surface area (Å²) in [5.41, 5.74) is 3.06. The van der Waals surface area contributed by atoms with Gasteiger partial charge in [0, 0.05) is 0 Å². The van der Waals surface area contributed by atoms with Crippen molar-refractivity contribution in [3.05, 3.63) is 71.8 Å². The summed E-state index contributed by atoms with van der Waals surface area (Å²) < 4.78 is 0. The molecule has 0 saturated carbocycles. The molecule has 0 aliphatic carbocycles. The van der Waals surface area contributed by atoms with Gasteiger partial charge in [-0.25, -0.2) is 0 Å². The zero-order valence-electron chi connectivity index (χ0n) is 24.1. The number of hydrogen-bond donors (Lipinski definition) is 0. The molecule has 0 aliphatic rings. The Morgan fingerprint density at radius 2 is 0.750 bits per heavy atom. The number of halogens is 1. The van der Waals surface area contributed by atoms with E-state index in [-0.39, 0.29) is 12.4 Å². The molecule has 0 heterocycles. The standard InChI is InChI=1S/C34H57P.ClH/c1-4-5-6-7-8-9-10-11-12-13-14-15-16-17-18-25-30-35(2,3,31-33-26-21-19-22-27-33)32-34-28-23-20-24-29-34;/h19-24,26-29H,4-18,25,30-32H2,1-3H3;1H. The van der Waals surface area contributed by atoms with Crippen LogP contribution in [0.5, 0.6) is 0 Å². The van der Waals surface area contributed by atoms with Gasteiger partial charge in [0.2, 0.25) is 0 Å². The average Bonchev–Trinajstić information content (AvgIpc) is 2.84. The fraction of sp³-hybridized carbons (Fsp3) is 0.647. The molecule has 36 heavy (non-hydrogen) atoms. The minimum atomic E-state index is -1.83. The molecule has 0 saturated heterocycles. The maximum absolute atomic E-state index is 2.66. The molecule has 0 bridgehead atoms. The first-order valence-electron chi connectivity index (χ1n) is 15.1. The van der Waals surface area contributed by atoms with Crippen molar-refractivity contribution in [1.29, 1.82) is 0 Å². The largest absolute Gasteiger partial charge is 0.147 e. The Morgan fingerprint density at radius 3 is 1.08 bits per heavy atom. The van der Waals surface area contributed by atoms with E-state index in [0.29, 0.717) is 0 Å². The van der Waals surface area contributed by atoms with E-state index < -0.39 is 6.60 Å². The number of benzene rings is 2. The van der Waals surface area contributed by atoms with Crippen molar-refractivity contribution < 1.29 is 0 Å². The van der Waals surface area contributed by atoms with Crippen molar-refractivity contribution in [2.45, 2.75) is 122 Å². The van der Waals surface area contributed by atoms with Crippen LogP contribution in [0.2, 0.25) is 0 Å². The van der Waals surface area contributed by atoms with Crippen LogP contribution in [0.3, 0.4) is 0 Å². The van der Waals surface area contributed by atoms with Crippen LogP contribution in [-0.2, 0) is 12.3 Å². The van der Waals surface area contributed by atoms with E-state index in [0.717, 1.165) is 0 Å². The minimum absolute atomic E-state index is 0. The molecule has 2 heteroatoms. The summed E-state index contributed by atoms with van der Waals surface area (Å²) in [6.07, 6.45) is 27.1. The molecular weight excluding hydrogens is 475 g/mol. The van der Waals surface area contributed by atoms with Crippen molar-refractivity contribution >= 4 is 19.0 Å². The van der Waals surface area contributed by atoms with Crippen molar-refractivity contribution in [2.75, 3.05) is 19.5 Å². The SMILES string of the molecule is CCCCCCCCCCCCCCCCCCP(C)(C)(Cc1ccccc1)Cc1ccccc1.Cl. The molecule has 0 amide bonds. The summed E-state index contributed by atoms with van der Waals surface area (Å²) in [5.74, 6) is 0. The number of unbranched alkanes of at least 4 members (excludes halogenated alkanes) is 15. The summed E-state index contributed by atoms with van der Waals surface area (Å²) in [4.78, 5) is 0. The van der Waals surface area contributed by atoms with Gasteiger partial charge in [-0.15, -0.1) is 12.4 Å². The summed E-state index contributed by atoms with van der Waals surface area (Å²) >= 11 is 0. The number of rotatable bonds is 21. The van der Waals surface area contributed by atoms with Crippen LogP contribution in [0.15, 0.2) is 60.7 Å². The van der Waals surface area contributed by atoms with E-state index in [9.17, 15) is 0 Å². The van der Waals surface area contributed by atoms with Crippen molar-refractivity contribution in [3.63, 3.8) is 0 Å². The van der Waals surface area contributed by atoms with Crippen molar-refractivity contribution in [2.24, 2.45) is 0 Å². The van der Waals surface area contributed by atoms with Crippen LogP contribution in [-0.4, -0.2) is 19.5 Å². The molecule has 0 atom stereocenters. The Labute approximate surface area is 231 Å². The minimum Gasteiger partial charge on any atom is -0.147 e. The van der Waals surface area contributed by atoms with Gasteiger partial charge in [0.25, 0.3) is 0 Å². The molecule has 0 aromatic heterocycles. The Bertz CT molecular complexity index is 710. The first-order chi connectivity index (χ1) is 17.0. The van der Waals surface area contributed by atoms with E-state index in [1.165, 1.54) is 132 Å². The molecule has 0 spiro atoms. The Morgan fingerprint density at radius 1 is 0.444 bits per heavy atom. The molecule has 206 valence electrons. The average molecular weight is 533 g/mol. The molecule has 2 rings (SSSR count). The maximum Gasteiger partial charge on any atom is -0.147 e. The van der Waals surface area contributed by atoms with Gasteiger partial charge in [0.1, 0.15) is 0 Å². The Kier molecular flexibility index (Phi) is 17.8. The third-order valence-electron chi connectivity index (χ3n) is 7.91. The summed E-state index contributed by atoms with van der Waals surface area (Å²) in [7, 11) is 0. The summed E-state index contributed by atoms with van der Waals surface area (Å²) in [5, 5.41) is 0. The van der Waals surface area contributed by atoms with E-state index >= 15 is 0 Å². The van der Waals surface area contributed by atoms with E-state index in [4.69, 9.17) is 0 Å². The Balaban J connectivity index is 0.00000648. The molecule has 0 nitrogen and oxygen atoms in total. The Hall–Kier alpha value is -0.840. The molecule has 0 fully saturated rings. The molecule has 2 aromatic carbocycles. The molecule has 0 aliphatic heterocycles.